The number of nitrogens with zero attached hydrogens (tertiary/aromatic N) is 2. The van der Waals surface area contributed by atoms with Gasteiger partial charge >= 0.3 is 0 Å². The summed E-state index contributed by atoms with van der Waals surface area (Å²) in [5, 5.41) is 4.24. The monoisotopic (exact) mass is 367 g/mol. The van der Waals surface area contributed by atoms with Crippen LogP contribution in [0, 0.1) is 0 Å². The average molecular weight is 367 g/mol. The fourth-order valence-electron chi connectivity index (χ4n) is 2.76. The maximum atomic E-state index is 11.6. The van der Waals surface area contributed by atoms with Crippen molar-refractivity contribution in [3.63, 3.8) is 0 Å². The molecule has 7 heteroatoms. The maximum absolute atomic E-state index is 11.6. The molecule has 1 N–H and O–H groups in total. The van der Waals surface area contributed by atoms with Crippen molar-refractivity contribution in [2.75, 3.05) is 11.6 Å². The first-order chi connectivity index (χ1) is 12.5. The SMILES string of the molecule is CS(=O)(=O)c1ccc(-n2ccc3ccc(NCc4ccco4)nc32)cc1. The summed E-state index contributed by atoms with van der Waals surface area (Å²) in [4.78, 5) is 4.97. The fraction of sp³-hybridized carbons (Fsp3) is 0.105. The molecule has 0 aliphatic heterocycles. The number of furan rings is 1. The van der Waals surface area contributed by atoms with Gasteiger partial charge in [-0.25, -0.2) is 13.4 Å². The molecule has 0 aliphatic carbocycles. The number of benzene rings is 1. The first-order valence-electron chi connectivity index (χ1n) is 8.05. The van der Waals surface area contributed by atoms with Crippen LogP contribution in [0.15, 0.2) is 76.4 Å². The Kier molecular flexibility index (Phi) is 4.00. The molecule has 0 saturated heterocycles. The molecular formula is C19H17N3O3S. The Morgan fingerprint density at radius 3 is 2.58 bits per heavy atom. The lowest BCUT2D eigenvalue weighted by Gasteiger charge is -2.08. The largest absolute Gasteiger partial charge is 0.467 e. The van der Waals surface area contributed by atoms with Crippen molar-refractivity contribution in [3.05, 3.63) is 72.8 Å². The van der Waals surface area contributed by atoms with E-state index >= 15 is 0 Å². The first-order valence-corrected chi connectivity index (χ1v) is 9.95. The van der Waals surface area contributed by atoms with E-state index in [1.54, 1.807) is 30.5 Å². The minimum atomic E-state index is -3.21. The van der Waals surface area contributed by atoms with Gasteiger partial charge in [-0.2, -0.15) is 0 Å². The molecule has 3 heterocycles. The van der Waals surface area contributed by atoms with Crippen LogP contribution in [0.2, 0.25) is 0 Å². The molecule has 0 atom stereocenters. The number of fused-ring (bicyclic) bond motifs is 1. The second-order valence-corrected chi connectivity index (χ2v) is 8.01. The van der Waals surface area contributed by atoms with Crippen LogP contribution in [0.5, 0.6) is 0 Å². The van der Waals surface area contributed by atoms with Gasteiger partial charge in [-0.05, 0) is 54.6 Å². The Labute approximate surface area is 151 Å². The average Bonchev–Trinajstić information content (AvgIpc) is 3.28. The molecule has 0 bridgehead atoms. The molecule has 132 valence electrons. The number of hydrogen-bond donors (Lipinski definition) is 1. The van der Waals surface area contributed by atoms with Crippen LogP contribution in [0.3, 0.4) is 0 Å². The van der Waals surface area contributed by atoms with Crippen LogP contribution in [-0.4, -0.2) is 24.2 Å². The lowest BCUT2D eigenvalue weighted by Crippen LogP contribution is -2.02. The number of anilines is 1. The standard InChI is InChI=1S/C19H17N3O3S/c1-26(23,24)17-7-5-15(6-8-17)22-11-10-14-4-9-18(21-19(14)22)20-13-16-3-2-12-25-16/h2-12H,13H2,1H3,(H,20,21). The third-order valence-corrected chi connectivity index (χ3v) is 5.23. The Morgan fingerprint density at radius 2 is 1.88 bits per heavy atom. The van der Waals surface area contributed by atoms with E-state index in [1.165, 1.54) is 6.26 Å². The molecule has 0 spiro atoms. The van der Waals surface area contributed by atoms with E-state index in [9.17, 15) is 8.42 Å². The molecule has 0 aliphatic rings. The molecule has 0 fully saturated rings. The van der Waals surface area contributed by atoms with Crippen molar-refractivity contribution in [2.45, 2.75) is 11.4 Å². The summed E-state index contributed by atoms with van der Waals surface area (Å²) in [5.41, 5.74) is 1.64. The van der Waals surface area contributed by atoms with Gasteiger partial charge in [0.25, 0.3) is 0 Å². The number of rotatable bonds is 5. The quantitative estimate of drug-likeness (QED) is 0.583. The Hall–Kier alpha value is -3.06. The van der Waals surface area contributed by atoms with Crippen molar-refractivity contribution >= 4 is 26.7 Å². The molecule has 3 aromatic heterocycles. The fourth-order valence-corrected chi connectivity index (χ4v) is 3.39. The van der Waals surface area contributed by atoms with E-state index in [1.807, 2.05) is 41.1 Å². The van der Waals surface area contributed by atoms with E-state index in [0.717, 1.165) is 28.3 Å². The van der Waals surface area contributed by atoms with Crippen LogP contribution in [0.25, 0.3) is 16.7 Å². The third kappa shape index (κ3) is 3.21. The Morgan fingerprint density at radius 1 is 1.08 bits per heavy atom. The second kappa shape index (κ2) is 6.34. The van der Waals surface area contributed by atoms with Crippen LogP contribution in [0.4, 0.5) is 5.82 Å². The summed E-state index contributed by atoms with van der Waals surface area (Å²) in [7, 11) is -3.21. The van der Waals surface area contributed by atoms with Gasteiger partial charge in [0.15, 0.2) is 9.84 Å². The topological polar surface area (TPSA) is 77.1 Å². The smallest absolute Gasteiger partial charge is 0.175 e. The van der Waals surface area contributed by atoms with Gasteiger partial charge in [-0.15, -0.1) is 0 Å². The summed E-state index contributed by atoms with van der Waals surface area (Å²) < 4.78 is 30.5. The Balaban J connectivity index is 1.66. The lowest BCUT2D eigenvalue weighted by molar-refractivity contribution is 0.518. The molecule has 0 saturated carbocycles. The van der Waals surface area contributed by atoms with Crippen LogP contribution in [-0.2, 0) is 16.4 Å². The van der Waals surface area contributed by atoms with Gasteiger partial charge in [0.1, 0.15) is 17.2 Å². The van der Waals surface area contributed by atoms with E-state index in [-0.39, 0.29) is 0 Å². The predicted octanol–water partition coefficient (Wildman–Crippen LogP) is 3.63. The van der Waals surface area contributed by atoms with E-state index < -0.39 is 9.84 Å². The summed E-state index contributed by atoms with van der Waals surface area (Å²) in [6, 6.07) is 16.4. The zero-order valence-electron chi connectivity index (χ0n) is 14.1. The summed E-state index contributed by atoms with van der Waals surface area (Å²) in [5.74, 6) is 1.57. The highest BCUT2D eigenvalue weighted by molar-refractivity contribution is 7.90. The Bertz CT molecular complexity index is 1140. The number of pyridine rings is 1. The van der Waals surface area contributed by atoms with Gasteiger partial charge < -0.3 is 14.3 Å². The number of nitrogens with one attached hydrogen (secondary N) is 1. The van der Waals surface area contributed by atoms with E-state index in [0.29, 0.717) is 11.4 Å². The van der Waals surface area contributed by atoms with Crippen molar-refractivity contribution in [2.24, 2.45) is 0 Å². The summed E-state index contributed by atoms with van der Waals surface area (Å²) in [6.45, 7) is 0.551. The van der Waals surface area contributed by atoms with Gasteiger partial charge in [0, 0.05) is 23.5 Å². The van der Waals surface area contributed by atoms with E-state index in [4.69, 9.17) is 4.42 Å². The summed E-state index contributed by atoms with van der Waals surface area (Å²) in [6.07, 6.45) is 4.76. The molecule has 1 aromatic carbocycles. The number of sulfone groups is 1. The third-order valence-electron chi connectivity index (χ3n) is 4.10. The number of hydrogen-bond acceptors (Lipinski definition) is 5. The predicted molar refractivity (Wildman–Crippen MR) is 100 cm³/mol. The summed E-state index contributed by atoms with van der Waals surface area (Å²) >= 11 is 0. The first kappa shape index (κ1) is 16.4. The minimum Gasteiger partial charge on any atom is -0.467 e. The number of aromatic nitrogens is 2. The van der Waals surface area contributed by atoms with Gasteiger partial charge in [0.2, 0.25) is 0 Å². The minimum absolute atomic E-state index is 0.298. The molecule has 0 unspecified atom stereocenters. The molecule has 0 amide bonds. The molecule has 6 nitrogen and oxygen atoms in total. The maximum Gasteiger partial charge on any atom is 0.175 e. The molecule has 4 aromatic rings. The zero-order chi connectivity index (χ0) is 18.1. The molecule has 26 heavy (non-hydrogen) atoms. The van der Waals surface area contributed by atoms with Crippen LogP contribution >= 0.6 is 0 Å². The van der Waals surface area contributed by atoms with Crippen LogP contribution in [0.1, 0.15) is 5.76 Å². The van der Waals surface area contributed by atoms with Gasteiger partial charge in [-0.1, -0.05) is 0 Å². The highest BCUT2D eigenvalue weighted by atomic mass is 32.2. The lowest BCUT2D eigenvalue weighted by atomic mass is 10.3. The molecule has 4 rings (SSSR count). The van der Waals surface area contributed by atoms with Crippen molar-refractivity contribution in [3.8, 4) is 5.69 Å². The molecular weight excluding hydrogens is 350 g/mol. The highest BCUT2D eigenvalue weighted by Gasteiger charge is 2.09. The van der Waals surface area contributed by atoms with Gasteiger partial charge in [-0.3, -0.25) is 0 Å². The van der Waals surface area contributed by atoms with Gasteiger partial charge in [0.05, 0.1) is 17.7 Å². The zero-order valence-corrected chi connectivity index (χ0v) is 14.9. The van der Waals surface area contributed by atoms with Crippen molar-refractivity contribution in [1.29, 1.82) is 0 Å². The second-order valence-electron chi connectivity index (χ2n) is 5.99. The van der Waals surface area contributed by atoms with Crippen molar-refractivity contribution < 1.29 is 12.8 Å². The van der Waals surface area contributed by atoms with Crippen LogP contribution < -0.4 is 5.32 Å². The molecule has 0 radical (unpaired) electrons. The highest BCUT2D eigenvalue weighted by Crippen LogP contribution is 2.22. The normalized spacial score (nSPS) is 11.7. The van der Waals surface area contributed by atoms with Crippen molar-refractivity contribution in [1.82, 2.24) is 9.55 Å². The van der Waals surface area contributed by atoms with E-state index in [2.05, 4.69) is 10.3 Å².